The minimum atomic E-state index is -3.33. The second-order valence-corrected chi connectivity index (χ2v) is 9.47. The molecule has 0 spiro atoms. The quantitative estimate of drug-likeness (QED) is 0.460. The molecule has 0 saturated carbocycles. The lowest BCUT2D eigenvalue weighted by molar-refractivity contribution is 0.102. The van der Waals surface area contributed by atoms with E-state index in [1.165, 1.54) is 11.3 Å². The standard InChI is InChI=1S/C21H19N5O3S2/c1-14-12-18(24-26(14)17-6-4-3-5-7-17)20(27)23-21-22-19(13-30-21)15-8-10-16(11-9-15)25-31(2,28)29/h3-13,25H,1-2H3,(H,22,23,27). The molecule has 4 rings (SSSR count). The Labute approximate surface area is 183 Å². The number of amides is 1. The number of thiazole rings is 1. The lowest BCUT2D eigenvalue weighted by atomic mass is 10.1. The van der Waals surface area contributed by atoms with Crippen molar-refractivity contribution in [2.24, 2.45) is 0 Å². The maximum absolute atomic E-state index is 12.6. The Balaban J connectivity index is 1.47. The number of sulfonamides is 1. The molecular formula is C21H19N5O3S2. The summed E-state index contributed by atoms with van der Waals surface area (Å²) in [6.45, 7) is 1.89. The summed E-state index contributed by atoms with van der Waals surface area (Å²) in [5.41, 5.74) is 3.98. The molecule has 4 aromatic rings. The van der Waals surface area contributed by atoms with E-state index in [1.54, 1.807) is 35.0 Å². The van der Waals surface area contributed by atoms with Crippen molar-refractivity contribution in [3.63, 3.8) is 0 Å². The molecule has 0 atom stereocenters. The molecule has 2 aromatic carbocycles. The molecule has 158 valence electrons. The van der Waals surface area contributed by atoms with Gasteiger partial charge in [-0.1, -0.05) is 30.3 Å². The van der Waals surface area contributed by atoms with Gasteiger partial charge in [-0.15, -0.1) is 11.3 Å². The lowest BCUT2D eigenvalue weighted by Gasteiger charge is -2.04. The average molecular weight is 454 g/mol. The molecule has 2 N–H and O–H groups in total. The summed E-state index contributed by atoms with van der Waals surface area (Å²) >= 11 is 1.30. The largest absolute Gasteiger partial charge is 0.296 e. The fourth-order valence-electron chi connectivity index (χ4n) is 2.96. The van der Waals surface area contributed by atoms with Gasteiger partial charge in [-0.25, -0.2) is 18.1 Å². The number of aromatic nitrogens is 3. The molecule has 8 nitrogen and oxygen atoms in total. The van der Waals surface area contributed by atoms with Gasteiger partial charge in [0.25, 0.3) is 5.91 Å². The Morgan fingerprint density at radius 1 is 1.06 bits per heavy atom. The number of nitrogens with one attached hydrogen (secondary N) is 2. The monoisotopic (exact) mass is 453 g/mol. The Kier molecular flexibility index (Phi) is 5.57. The number of carbonyl (C=O) groups is 1. The van der Waals surface area contributed by atoms with Crippen LogP contribution in [0.25, 0.3) is 16.9 Å². The molecule has 0 bridgehead atoms. The van der Waals surface area contributed by atoms with Crippen molar-refractivity contribution < 1.29 is 13.2 Å². The van der Waals surface area contributed by atoms with Crippen LogP contribution < -0.4 is 10.0 Å². The molecule has 1 amide bonds. The first-order chi connectivity index (χ1) is 14.8. The summed E-state index contributed by atoms with van der Waals surface area (Å²) < 4.78 is 26.8. The summed E-state index contributed by atoms with van der Waals surface area (Å²) in [7, 11) is -3.33. The summed E-state index contributed by atoms with van der Waals surface area (Å²) in [6.07, 6.45) is 1.10. The third-order valence-corrected chi connectivity index (χ3v) is 5.69. The molecule has 0 fully saturated rings. The number of para-hydroxylation sites is 1. The van der Waals surface area contributed by atoms with Gasteiger partial charge in [0, 0.05) is 22.3 Å². The first kappa shape index (κ1) is 20.8. The molecule has 0 aliphatic rings. The van der Waals surface area contributed by atoms with E-state index >= 15 is 0 Å². The van der Waals surface area contributed by atoms with Crippen molar-refractivity contribution in [2.75, 3.05) is 16.3 Å². The number of hydrogen-bond donors (Lipinski definition) is 2. The Morgan fingerprint density at radius 3 is 2.45 bits per heavy atom. The topological polar surface area (TPSA) is 106 Å². The second kappa shape index (κ2) is 8.32. The predicted molar refractivity (Wildman–Crippen MR) is 122 cm³/mol. The lowest BCUT2D eigenvalue weighted by Crippen LogP contribution is -2.13. The number of anilines is 2. The Hall–Kier alpha value is -3.50. The van der Waals surface area contributed by atoms with Crippen LogP contribution in [0, 0.1) is 6.92 Å². The van der Waals surface area contributed by atoms with Crippen LogP contribution in [0.15, 0.2) is 66.0 Å². The number of nitrogens with zero attached hydrogens (tertiary/aromatic N) is 3. The van der Waals surface area contributed by atoms with Gasteiger partial charge in [-0.3, -0.25) is 14.8 Å². The zero-order chi connectivity index (χ0) is 22.0. The van der Waals surface area contributed by atoms with E-state index in [0.29, 0.717) is 22.2 Å². The van der Waals surface area contributed by atoms with Crippen LogP contribution in [-0.2, 0) is 10.0 Å². The highest BCUT2D eigenvalue weighted by atomic mass is 32.2. The molecule has 31 heavy (non-hydrogen) atoms. The van der Waals surface area contributed by atoms with Gasteiger partial charge < -0.3 is 0 Å². The van der Waals surface area contributed by atoms with Crippen LogP contribution in [0.1, 0.15) is 16.2 Å². The summed E-state index contributed by atoms with van der Waals surface area (Å²) in [4.78, 5) is 17.1. The maximum atomic E-state index is 12.6. The summed E-state index contributed by atoms with van der Waals surface area (Å²) in [5, 5.41) is 9.46. The summed E-state index contributed by atoms with van der Waals surface area (Å²) in [5.74, 6) is -0.341. The zero-order valence-corrected chi connectivity index (χ0v) is 18.4. The van der Waals surface area contributed by atoms with Crippen LogP contribution in [-0.4, -0.2) is 35.3 Å². The number of carbonyl (C=O) groups excluding carboxylic acids is 1. The van der Waals surface area contributed by atoms with E-state index in [0.717, 1.165) is 23.2 Å². The van der Waals surface area contributed by atoms with Crippen LogP contribution >= 0.6 is 11.3 Å². The minimum Gasteiger partial charge on any atom is -0.296 e. The highest BCUT2D eigenvalue weighted by Crippen LogP contribution is 2.26. The van der Waals surface area contributed by atoms with Crippen LogP contribution in [0.3, 0.4) is 0 Å². The Morgan fingerprint density at radius 2 is 1.77 bits per heavy atom. The molecule has 0 aliphatic heterocycles. The van der Waals surface area contributed by atoms with Crippen molar-refractivity contribution in [1.29, 1.82) is 0 Å². The molecule has 0 unspecified atom stereocenters. The highest BCUT2D eigenvalue weighted by Gasteiger charge is 2.15. The van der Waals surface area contributed by atoms with E-state index < -0.39 is 10.0 Å². The number of hydrogen-bond acceptors (Lipinski definition) is 6. The fourth-order valence-corrected chi connectivity index (χ4v) is 4.24. The van der Waals surface area contributed by atoms with Crippen molar-refractivity contribution in [3.05, 3.63) is 77.4 Å². The zero-order valence-electron chi connectivity index (χ0n) is 16.7. The molecule has 0 aliphatic carbocycles. The average Bonchev–Trinajstić information content (AvgIpc) is 3.35. The fraction of sp³-hybridized carbons (Fsp3) is 0.0952. The third kappa shape index (κ3) is 4.98. The van der Waals surface area contributed by atoms with Gasteiger partial charge in [0.1, 0.15) is 0 Å². The van der Waals surface area contributed by atoms with Crippen molar-refractivity contribution in [1.82, 2.24) is 14.8 Å². The van der Waals surface area contributed by atoms with Gasteiger partial charge in [-0.2, -0.15) is 5.10 Å². The van der Waals surface area contributed by atoms with E-state index in [-0.39, 0.29) is 5.91 Å². The molecule has 0 radical (unpaired) electrons. The molecule has 2 aromatic heterocycles. The normalized spacial score (nSPS) is 11.3. The van der Waals surface area contributed by atoms with Gasteiger partial charge in [0.15, 0.2) is 10.8 Å². The van der Waals surface area contributed by atoms with Crippen molar-refractivity contribution in [3.8, 4) is 16.9 Å². The predicted octanol–water partition coefficient (Wildman–Crippen LogP) is 3.93. The van der Waals surface area contributed by atoms with Gasteiger partial charge in [0.05, 0.1) is 17.6 Å². The first-order valence-electron chi connectivity index (χ1n) is 9.26. The SMILES string of the molecule is Cc1cc(C(=O)Nc2nc(-c3ccc(NS(C)(=O)=O)cc3)cs2)nn1-c1ccccc1. The van der Waals surface area contributed by atoms with Crippen molar-refractivity contribution >= 4 is 38.1 Å². The minimum absolute atomic E-state index is 0.300. The molecule has 2 heterocycles. The molecule has 10 heteroatoms. The molecular weight excluding hydrogens is 434 g/mol. The van der Waals surface area contributed by atoms with Gasteiger partial charge in [-0.05, 0) is 37.3 Å². The van der Waals surface area contributed by atoms with Gasteiger partial charge in [0.2, 0.25) is 10.0 Å². The second-order valence-electron chi connectivity index (χ2n) is 6.86. The van der Waals surface area contributed by atoms with Gasteiger partial charge >= 0.3 is 0 Å². The van der Waals surface area contributed by atoms with Crippen molar-refractivity contribution in [2.45, 2.75) is 6.92 Å². The maximum Gasteiger partial charge on any atom is 0.277 e. The highest BCUT2D eigenvalue weighted by molar-refractivity contribution is 7.92. The van der Waals surface area contributed by atoms with Crippen LogP contribution in [0.5, 0.6) is 0 Å². The van der Waals surface area contributed by atoms with E-state index in [1.807, 2.05) is 42.6 Å². The summed E-state index contributed by atoms with van der Waals surface area (Å²) in [6, 6.07) is 18.2. The number of rotatable bonds is 6. The van der Waals surface area contributed by atoms with Crippen LogP contribution in [0.4, 0.5) is 10.8 Å². The number of benzene rings is 2. The first-order valence-corrected chi connectivity index (χ1v) is 12.0. The van der Waals surface area contributed by atoms with Crippen LogP contribution in [0.2, 0.25) is 0 Å². The smallest absolute Gasteiger partial charge is 0.277 e. The third-order valence-electron chi connectivity index (χ3n) is 4.33. The molecule has 0 saturated heterocycles. The van der Waals surface area contributed by atoms with E-state index in [9.17, 15) is 13.2 Å². The Bertz CT molecular complexity index is 1330. The number of aryl methyl sites for hydroxylation is 1. The van der Waals surface area contributed by atoms with E-state index in [2.05, 4.69) is 20.1 Å². The van der Waals surface area contributed by atoms with E-state index in [4.69, 9.17) is 0 Å².